The Balaban J connectivity index is 0.000000265. The van der Waals surface area contributed by atoms with E-state index >= 15 is 0 Å². The number of piperidine rings is 1. The number of hydrogen-bond acceptors (Lipinski definition) is 9. The molecule has 12 rings (SSSR count). The van der Waals surface area contributed by atoms with E-state index in [1.807, 2.05) is 22.9 Å². The smallest absolute Gasteiger partial charge is 0.141 e. The molecular weight excluding hydrogens is 1040 g/mol. The molecule has 12 nitrogen and oxygen atoms in total. The molecule has 3 aromatic heterocycles. The fourth-order valence-corrected chi connectivity index (χ4v) is 11.7. The average Bonchev–Trinajstić information content (AvgIpc) is 3.65. The zero-order chi connectivity index (χ0) is 59.0. The molecule has 0 aliphatic carbocycles. The first kappa shape index (κ1) is 74.6. The van der Waals surface area contributed by atoms with Crippen molar-refractivity contribution in [2.45, 2.75) is 265 Å². The molecule has 1 atom stereocenters. The normalized spacial score (nSPS) is 18.7. The molecule has 3 aromatic carbocycles. The quantitative estimate of drug-likeness (QED) is 0.160. The van der Waals surface area contributed by atoms with Gasteiger partial charge in [0.1, 0.15) is 18.0 Å². The highest BCUT2D eigenvalue weighted by Crippen LogP contribution is 2.29. The Bertz CT molecular complexity index is 2680. The molecule has 0 radical (unpaired) electrons. The fraction of sp³-hybridized carbons (Fsp3) is 0.658. The molecule has 2 saturated heterocycles. The van der Waals surface area contributed by atoms with Crippen LogP contribution in [0.4, 0.5) is 0 Å². The number of nitrogens with one attached hydrogen (secondary N) is 1. The van der Waals surface area contributed by atoms with Crippen LogP contribution in [0.15, 0.2) is 97.5 Å². The Morgan fingerprint density at radius 2 is 0.929 bits per heavy atom. The Kier molecular flexibility index (Phi) is 27.6. The van der Waals surface area contributed by atoms with Gasteiger partial charge in [-0.05, 0) is 183 Å². The molecule has 2 fully saturated rings. The number of imidazole rings is 1. The maximum atomic E-state index is 4.53. The number of fused-ring (bicyclic) bond motifs is 6. The zero-order valence-electron chi connectivity index (χ0n) is 54.2. The number of aromatic amines is 1. The number of nitrogens with zero attached hydrogens (tertiary/aromatic N) is 11. The molecule has 12 heteroatoms. The molecule has 6 aromatic rings. The highest BCUT2D eigenvalue weighted by Gasteiger charge is 2.34. The summed E-state index contributed by atoms with van der Waals surface area (Å²) in [6.07, 6.45) is 10.5. The van der Waals surface area contributed by atoms with E-state index in [4.69, 9.17) is 0 Å². The van der Waals surface area contributed by atoms with E-state index in [2.05, 4.69) is 252 Å². The first-order valence-corrected chi connectivity index (χ1v) is 31.0. The van der Waals surface area contributed by atoms with Crippen LogP contribution in [-0.4, -0.2) is 145 Å². The number of H-pyrrole nitrogens is 1. The molecular formula is C73H126N12. The Morgan fingerprint density at radius 3 is 1.46 bits per heavy atom. The molecule has 0 bridgehead atoms. The van der Waals surface area contributed by atoms with Crippen molar-refractivity contribution in [3.8, 4) is 0 Å². The van der Waals surface area contributed by atoms with Crippen LogP contribution in [0.1, 0.15) is 213 Å². The van der Waals surface area contributed by atoms with Gasteiger partial charge in [0.05, 0.1) is 24.1 Å². The summed E-state index contributed by atoms with van der Waals surface area (Å²) in [5.41, 5.74) is 11.3. The number of rotatable bonds is 0. The van der Waals surface area contributed by atoms with Crippen LogP contribution in [-0.2, 0) is 57.5 Å². The summed E-state index contributed by atoms with van der Waals surface area (Å²) in [6.45, 7) is 57.0. The summed E-state index contributed by atoms with van der Waals surface area (Å²) in [5.74, 6) is 2.13. The van der Waals surface area contributed by atoms with E-state index < -0.39 is 0 Å². The molecule has 1 N–H and O–H groups in total. The van der Waals surface area contributed by atoms with E-state index in [0.717, 1.165) is 74.5 Å². The maximum Gasteiger partial charge on any atom is 0.141 e. The van der Waals surface area contributed by atoms with Gasteiger partial charge in [-0.15, -0.1) is 0 Å². The van der Waals surface area contributed by atoms with Crippen molar-refractivity contribution in [1.29, 1.82) is 0 Å². The monoisotopic (exact) mass is 1170 g/mol. The van der Waals surface area contributed by atoms with E-state index in [1.165, 1.54) is 106 Å². The van der Waals surface area contributed by atoms with Crippen LogP contribution in [0.5, 0.6) is 0 Å². The third-order valence-corrected chi connectivity index (χ3v) is 17.4. The standard InChI is InChI=1S/2C13H19N.C12H24N2.C11H18N2.C11H14N2.C9H16N4.4CH4/c2*1-13(2,3)14-9-8-11-6-4-5-7-12(11)10-14;1-12(2,3)14-9-8-13-7-5-4-6-11(13)10-14;1-11(2,3)13-8-7-12-6-4-5-10(12)9-13;1-11(2,3)10-12-8-6-4-5-7-9(8)13-10;1-9(2,3)12-4-5-13-8(6-12)10-7-11-13;;;;/h2*4-7H,8-10H2,1-3H3;11H,4-10H2,1-3H3;4-6H,7-9H2,1-3H3;4-7H,1-3H3,(H,12,13);7H,4-6H2,1-3H3;4*1H4. The minimum absolute atomic E-state index is 0. The van der Waals surface area contributed by atoms with Crippen molar-refractivity contribution >= 4 is 11.0 Å². The van der Waals surface area contributed by atoms with E-state index in [0.29, 0.717) is 22.2 Å². The molecule has 0 spiro atoms. The lowest BCUT2D eigenvalue weighted by atomic mass is 9.95. The summed E-state index contributed by atoms with van der Waals surface area (Å²) in [4.78, 5) is 27.5. The highest BCUT2D eigenvalue weighted by molar-refractivity contribution is 5.74. The van der Waals surface area contributed by atoms with Crippen molar-refractivity contribution in [3.63, 3.8) is 0 Å². The third-order valence-electron chi connectivity index (χ3n) is 17.4. The molecule has 9 heterocycles. The SMILES string of the molecule is C.C.C.C.CC(C)(C)N1CCN2CCCCC2C1.CC(C)(C)N1CCc2ccccc2C1.CC(C)(C)N1CCc2ccccc2C1.CC(C)(C)N1CCn2cccc2C1.CC(C)(C)N1CCn2ncnc2C1.CC(C)(C)c1nc2ccccc2[nH]1. The van der Waals surface area contributed by atoms with Crippen LogP contribution in [0.3, 0.4) is 0 Å². The maximum absolute atomic E-state index is 4.53. The first-order chi connectivity index (χ1) is 37.9. The van der Waals surface area contributed by atoms with E-state index in [1.54, 1.807) is 6.33 Å². The summed E-state index contributed by atoms with van der Waals surface area (Å²) >= 11 is 0. The first-order valence-electron chi connectivity index (χ1n) is 31.0. The van der Waals surface area contributed by atoms with Gasteiger partial charge in [0.15, 0.2) is 0 Å². The summed E-state index contributed by atoms with van der Waals surface area (Å²) < 4.78 is 4.34. The van der Waals surface area contributed by atoms with Gasteiger partial charge >= 0.3 is 0 Å². The van der Waals surface area contributed by atoms with Crippen molar-refractivity contribution < 1.29 is 0 Å². The van der Waals surface area contributed by atoms with Crippen molar-refractivity contribution in [1.82, 2.24) is 58.7 Å². The number of piperazine rings is 1. The van der Waals surface area contributed by atoms with Crippen molar-refractivity contribution in [2.24, 2.45) is 0 Å². The Morgan fingerprint density at radius 1 is 0.447 bits per heavy atom. The molecule has 0 amide bonds. The molecule has 478 valence electrons. The second-order valence-electron chi connectivity index (χ2n) is 29.7. The Labute approximate surface area is 521 Å². The molecule has 6 aliphatic rings. The van der Waals surface area contributed by atoms with Gasteiger partial charge in [0.2, 0.25) is 0 Å². The number of aromatic nitrogens is 6. The lowest BCUT2D eigenvalue weighted by molar-refractivity contribution is 0.00573. The minimum atomic E-state index is 0. The van der Waals surface area contributed by atoms with Gasteiger partial charge in [0, 0.05) is 123 Å². The van der Waals surface area contributed by atoms with Crippen LogP contribution in [0.25, 0.3) is 11.0 Å². The van der Waals surface area contributed by atoms with Crippen LogP contribution >= 0.6 is 0 Å². The predicted octanol–water partition coefficient (Wildman–Crippen LogP) is 16.0. The number of benzene rings is 3. The van der Waals surface area contributed by atoms with Crippen LogP contribution < -0.4 is 0 Å². The highest BCUT2D eigenvalue weighted by atomic mass is 15.4. The Hall–Kier alpha value is -4.69. The molecule has 6 aliphatic heterocycles. The van der Waals surface area contributed by atoms with Gasteiger partial charge < -0.3 is 9.55 Å². The third kappa shape index (κ3) is 21.6. The zero-order valence-corrected chi connectivity index (χ0v) is 54.2. The van der Waals surface area contributed by atoms with Gasteiger partial charge in [-0.1, -0.05) is 118 Å². The van der Waals surface area contributed by atoms with Crippen molar-refractivity contribution in [3.05, 3.63) is 137 Å². The lowest BCUT2D eigenvalue weighted by Gasteiger charge is -2.48. The largest absolute Gasteiger partial charge is 0.349 e. The van der Waals surface area contributed by atoms with Gasteiger partial charge in [0.25, 0.3) is 0 Å². The topological polar surface area (TPSA) is 83.8 Å². The van der Waals surface area contributed by atoms with E-state index in [9.17, 15) is 0 Å². The van der Waals surface area contributed by atoms with Gasteiger partial charge in [-0.2, -0.15) is 5.10 Å². The second kappa shape index (κ2) is 31.5. The van der Waals surface area contributed by atoms with E-state index in [-0.39, 0.29) is 40.7 Å². The van der Waals surface area contributed by atoms with Crippen LogP contribution in [0.2, 0.25) is 0 Å². The van der Waals surface area contributed by atoms with Crippen molar-refractivity contribution in [2.75, 3.05) is 52.4 Å². The average molecular weight is 1170 g/mol. The molecule has 0 saturated carbocycles. The fourth-order valence-electron chi connectivity index (χ4n) is 11.7. The lowest BCUT2D eigenvalue weighted by Crippen LogP contribution is -2.59. The summed E-state index contributed by atoms with van der Waals surface area (Å²) in [6, 6.07) is 30.9. The summed E-state index contributed by atoms with van der Waals surface area (Å²) in [7, 11) is 0. The van der Waals surface area contributed by atoms with Gasteiger partial charge in [-0.25, -0.2) is 14.6 Å². The number of para-hydroxylation sites is 2. The van der Waals surface area contributed by atoms with Gasteiger partial charge in [-0.3, -0.25) is 29.4 Å². The number of hydrogen-bond donors (Lipinski definition) is 1. The minimum Gasteiger partial charge on any atom is -0.349 e. The molecule has 1 unspecified atom stereocenters. The summed E-state index contributed by atoms with van der Waals surface area (Å²) in [5, 5.41) is 4.15. The second-order valence-corrected chi connectivity index (χ2v) is 29.7. The molecule has 85 heavy (non-hydrogen) atoms. The van der Waals surface area contributed by atoms with Crippen LogP contribution in [0, 0.1) is 0 Å². The predicted molar refractivity (Wildman–Crippen MR) is 368 cm³/mol.